The van der Waals surface area contributed by atoms with Crippen LogP contribution in [0.4, 0.5) is 5.69 Å². The van der Waals surface area contributed by atoms with Crippen molar-refractivity contribution in [2.75, 3.05) is 39.0 Å². The molecule has 2 rings (SSSR count). The van der Waals surface area contributed by atoms with E-state index in [4.69, 9.17) is 5.73 Å². The zero-order chi connectivity index (χ0) is 12.3. The molecule has 2 N–H and O–H groups in total. The minimum absolute atomic E-state index is 0.0570. The lowest BCUT2D eigenvalue weighted by atomic mass is 10.2. The number of rotatable bonds is 1. The fourth-order valence-electron chi connectivity index (χ4n) is 2.00. The molecule has 0 saturated carbocycles. The van der Waals surface area contributed by atoms with Gasteiger partial charge in [-0.05, 0) is 32.1 Å². The van der Waals surface area contributed by atoms with Crippen molar-refractivity contribution < 1.29 is 4.79 Å². The first-order chi connectivity index (χ1) is 8.18. The smallest absolute Gasteiger partial charge is 0.274 e. The predicted molar refractivity (Wildman–Crippen MR) is 66.7 cm³/mol. The van der Waals surface area contributed by atoms with Gasteiger partial charge in [0.2, 0.25) is 0 Å². The molecule has 0 aromatic carbocycles. The van der Waals surface area contributed by atoms with Gasteiger partial charge in [0.15, 0.2) is 5.69 Å². The Bertz CT molecular complexity index is 407. The molecule has 1 amide bonds. The number of aromatic nitrogens is 1. The van der Waals surface area contributed by atoms with Gasteiger partial charge < -0.3 is 15.5 Å². The Morgan fingerprint density at radius 2 is 2.18 bits per heavy atom. The van der Waals surface area contributed by atoms with Crippen molar-refractivity contribution in [3.63, 3.8) is 0 Å². The Balaban J connectivity index is 2.12. The number of hydrogen-bond donors (Lipinski definition) is 1. The SMILES string of the molecule is CN1CCCN(C(=O)c2ncccc2N)CC1. The van der Waals surface area contributed by atoms with Crippen molar-refractivity contribution in [3.8, 4) is 0 Å². The van der Waals surface area contributed by atoms with E-state index in [-0.39, 0.29) is 5.91 Å². The van der Waals surface area contributed by atoms with Crippen molar-refractivity contribution in [1.29, 1.82) is 0 Å². The summed E-state index contributed by atoms with van der Waals surface area (Å²) in [6.45, 7) is 3.45. The molecule has 0 aliphatic carbocycles. The van der Waals surface area contributed by atoms with Crippen molar-refractivity contribution in [1.82, 2.24) is 14.8 Å². The number of amides is 1. The van der Waals surface area contributed by atoms with Crippen molar-refractivity contribution >= 4 is 11.6 Å². The van der Waals surface area contributed by atoms with Gasteiger partial charge in [0.05, 0.1) is 5.69 Å². The number of nitrogens with two attached hydrogens (primary N) is 1. The molecule has 1 fully saturated rings. The van der Waals surface area contributed by atoms with Crippen LogP contribution in [0, 0.1) is 0 Å². The number of nitrogens with zero attached hydrogens (tertiary/aromatic N) is 3. The number of anilines is 1. The van der Waals surface area contributed by atoms with E-state index in [1.165, 1.54) is 0 Å². The molecule has 5 heteroatoms. The minimum atomic E-state index is -0.0570. The van der Waals surface area contributed by atoms with E-state index in [1.807, 2.05) is 4.90 Å². The van der Waals surface area contributed by atoms with Gasteiger partial charge in [-0.2, -0.15) is 0 Å². The summed E-state index contributed by atoms with van der Waals surface area (Å²) in [5.74, 6) is -0.0570. The van der Waals surface area contributed by atoms with Gasteiger partial charge in [-0.15, -0.1) is 0 Å². The normalized spacial score (nSPS) is 17.8. The molecule has 5 nitrogen and oxygen atoms in total. The number of nitrogen functional groups attached to an aromatic ring is 1. The molecule has 0 spiro atoms. The summed E-state index contributed by atoms with van der Waals surface area (Å²) in [7, 11) is 2.07. The van der Waals surface area contributed by atoms with Crippen LogP contribution in [0.2, 0.25) is 0 Å². The highest BCUT2D eigenvalue weighted by Crippen LogP contribution is 2.12. The summed E-state index contributed by atoms with van der Waals surface area (Å²) in [5.41, 5.74) is 6.60. The van der Waals surface area contributed by atoms with Gasteiger partial charge in [0.1, 0.15) is 0 Å². The highest BCUT2D eigenvalue weighted by Gasteiger charge is 2.21. The molecule has 0 unspecified atom stereocenters. The molecule has 0 radical (unpaired) electrons. The maximum Gasteiger partial charge on any atom is 0.274 e. The maximum absolute atomic E-state index is 12.2. The first kappa shape index (κ1) is 11.9. The number of hydrogen-bond acceptors (Lipinski definition) is 4. The van der Waals surface area contributed by atoms with E-state index in [0.717, 1.165) is 32.6 Å². The summed E-state index contributed by atoms with van der Waals surface area (Å²) < 4.78 is 0. The lowest BCUT2D eigenvalue weighted by Gasteiger charge is -2.20. The van der Waals surface area contributed by atoms with E-state index in [0.29, 0.717) is 11.4 Å². The van der Waals surface area contributed by atoms with Crippen LogP contribution >= 0.6 is 0 Å². The third-order valence-corrected chi connectivity index (χ3v) is 3.05. The zero-order valence-corrected chi connectivity index (χ0v) is 10.1. The molecule has 17 heavy (non-hydrogen) atoms. The summed E-state index contributed by atoms with van der Waals surface area (Å²) in [6, 6.07) is 3.45. The van der Waals surface area contributed by atoms with Gasteiger partial charge in [0.25, 0.3) is 5.91 Å². The molecule has 1 aliphatic heterocycles. The number of carbonyl (C=O) groups is 1. The third-order valence-electron chi connectivity index (χ3n) is 3.05. The quantitative estimate of drug-likeness (QED) is 0.766. The maximum atomic E-state index is 12.2. The van der Waals surface area contributed by atoms with Gasteiger partial charge >= 0.3 is 0 Å². The van der Waals surface area contributed by atoms with Crippen LogP contribution in [-0.4, -0.2) is 53.9 Å². The average molecular weight is 234 g/mol. The number of carbonyl (C=O) groups excluding carboxylic acids is 1. The van der Waals surface area contributed by atoms with Crippen molar-refractivity contribution in [2.24, 2.45) is 0 Å². The molecule has 0 atom stereocenters. The number of likely N-dealkylation sites (N-methyl/N-ethyl adjacent to an activating group) is 1. The molecular formula is C12H18N4O. The van der Waals surface area contributed by atoms with E-state index >= 15 is 0 Å². The van der Waals surface area contributed by atoms with E-state index in [2.05, 4.69) is 16.9 Å². The van der Waals surface area contributed by atoms with Gasteiger partial charge in [-0.3, -0.25) is 4.79 Å². The van der Waals surface area contributed by atoms with Gasteiger partial charge in [-0.25, -0.2) is 4.98 Å². The van der Waals surface area contributed by atoms with Gasteiger partial charge in [-0.1, -0.05) is 0 Å². The Morgan fingerprint density at radius 3 is 2.94 bits per heavy atom. The van der Waals surface area contributed by atoms with Crippen LogP contribution in [0.1, 0.15) is 16.9 Å². The molecule has 92 valence electrons. The topological polar surface area (TPSA) is 62.5 Å². The van der Waals surface area contributed by atoms with Crippen molar-refractivity contribution in [3.05, 3.63) is 24.0 Å². The minimum Gasteiger partial charge on any atom is -0.397 e. The Morgan fingerprint density at radius 1 is 1.35 bits per heavy atom. The largest absolute Gasteiger partial charge is 0.397 e. The molecule has 1 aromatic heterocycles. The average Bonchev–Trinajstić information content (AvgIpc) is 2.54. The first-order valence-electron chi connectivity index (χ1n) is 5.87. The van der Waals surface area contributed by atoms with E-state index < -0.39 is 0 Å². The third kappa shape index (κ3) is 2.74. The van der Waals surface area contributed by atoms with Crippen LogP contribution < -0.4 is 5.73 Å². The second-order valence-corrected chi connectivity index (χ2v) is 4.39. The predicted octanol–water partition coefficient (Wildman–Crippen LogP) is 0.441. The highest BCUT2D eigenvalue weighted by atomic mass is 16.2. The monoisotopic (exact) mass is 234 g/mol. The molecule has 2 heterocycles. The summed E-state index contributed by atoms with van der Waals surface area (Å²) in [6.07, 6.45) is 2.60. The summed E-state index contributed by atoms with van der Waals surface area (Å²) in [4.78, 5) is 20.4. The fraction of sp³-hybridized carbons (Fsp3) is 0.500. The van der Waals surface area contributed by atoms with E-state index in [1.54, 1.807) is 18.3 Å². The lowest BCUT2D eigenvalue weighted by Crippen LogP contribution is -2.35. The molecular weight excluding hydrogens is 216 g/mol. The first-order valence-corrected chi connectivity index (χ1v) is 5.87. The Kier molecular flexibility index (Phi) is 3.58. The van der Waals surface area contributed by atoms with Crippen molar-refractivity contribution in [2.45, 2.75) is 6.42 Å². The second kappa shape index (κ2) is 5.14. The molecule has 1 saturated heterocycles. The summed E-state index contributed by atoms with van der Waals surface area (Å²) in [5, 5.41) is 0. The molecule has 1 aliphatic rings. The zero-order valence-electron chi connectivity index (χ0n) is 10.1. The molecule has 1 aromatic rings. The summed E-state index contributed by atoms with van der Waals surface area (Å²) >= 11 is 0. The number of pyridine rings is 1. The molecule has 0 bridgehead atoms. The highest BCUT2D eigenvalue weighted by molar-refractivity contribution is 5.97. The van der Waals surface area contributed by atoms with Crippen LogP contribution in [0.15, 0.2) is 18.3 Å². The van der Waals surface area contributed by atoms with Crippen LogP contribution in [0.25, 0.3) is 0 Å². The standard InChI is InChI=1S/C12H18N4O/c1-15-6-3-7-16(9-8-15)12(17)11-10(13)4-2-5-14-11/h2,4-5H,3,6-9,13H2,1H3. The Hall–Kier alpha value is -1.62. The Labute approximate surface area is 101 Å². The van der Waals surface area contributed by atoms with Crippen LogP contribution in [-0.2, 0) is 0 Å². The second-order valence-electron chi connectivity index (χ2n) is 4.39. The fourth-order valence-corrected chi connectivity index (χ4v) is 2.00. The van der Waals surface area contributed by atoms with Gasteiger partial charge in [0, 0.05) is 25.8 Å². The lowest BCUT2D eigenvalue weighted by molar-refractivity contribution is 0.0758. The van der Waals surface area contributed by atoms with Crippen LogP contribution in [0.5, 0.6) is 0 Å². The van der Waals surface area contributed by atoms with E-state index in [9.17, 15) is 4.79 Å². The van der Waals surface area contributed by atoms with Crippen LogP contribution in [0.3, 0.4) is 0 Å².